The van der Waals surface area contributed by atoms with Crippen molar-refractivity contribution in [1.82, 2.24) is 4.98 Å². The summed E-state index contributed by atoms with van der Waals surface area (Å²) in [5.41, 5.74) is 1.10. The lowest BCUT2D eigenvalue weighted by Gasteiger charge is -2.14. The van der Waals surface area contributed by atoms with Gasteiger partial charge in [-0.05, 0) is 34.0 Å². The molecule has 1 aliphatic heterocycles. The Hall–Kier alpha value is -0.420. The summed E-state index contributed by atoms with van der Waals surface area (Å²) in [5.74, 6) is 0.756. The fourth-order valence-corrected chi connectivity index (χ4v) is 1.61. The molecule has 1 aromatic heterocycles. The fraction of sp³-hybridized carbons (Fsp3) is 0.250. The van der Waals surface area contributed by atoms with Crippen LogP contribution in [0.25, 0.3) is 0 Å². The van der Waals surface area contributed by atoms with Crippen LogP contribution in [0.3, 0.4) is 0 Å². The average molecular weight is 308 g/mol. The molecule has 0 saturated carbocycles. The number of nitrogens with zero attached hydrogens (tertiary/aromatic N) is 1. The second kappa shape index (κ2) is 4.19. The van der Waals surface area contributed by atoms with Crippen molar-refractivity contribution in [3.8, 4) is 0 Å². The monoisotopic (exact) mass is 306 g/mol. The molecular weight excluding hydrogens is 300 g/mol. The maximum absolute atomic E-state index is 10.9. The van der Waals surface area contributed by atoms with Gasteiger partial charge in [0.25, 0.3) is 0 Å². The van der Waals surface area contributed by atoms with Gasteiger partial charge in [0.2, 0.25) is 5.91 Å². The number of nitrogens with one attached hydrogen (secondary N) is 1. The number of halogens is 2. The number of hydrogen-bond acceptors (Lipinski definition) is 2. The molecule has 2 heterocycles. The van der Waals surface area contributed by atoms with Gasteiger partial charge in [-0.15, -0.1) is 17.0 Å². The molecule has 5 heteroatoms. The minimum absolute atomic E-state index is 0. The standard InChI is InChI=1S/C8H7BrN2O.BrH/c9-6-3-5-1-2-7(12)11-8(5)10-4-6;/h3-4H,1-2H2,(H,10,11,12);1H. The van der Waals surface area contributed by atoms with E-state index < -0.39 is 0 Å². The summed E-state index contributed by atoms with van der Waals surface area (Å²) in [6, 6.07) is 1.99. The summed E-state index contributed by atoms with van der Waals surface area (Å²) in [6.07, 6.45) is 3.03. The van der Waals surface area contributed by atoms with E-state index in [4.69, 9.17) is 0 Å². The molecule has 0 aromatic carbocycles. The molecule has 1 aromatic rings. The fourth-order valence-electron chi connectivity index (χ4n) is 1.23. The zero-order valence-electron chi connectivity index (χ0n) is 6.71. The molecule has 0 radical (unpaired) electrons. The van der Waals surface area contributed by atoms with Gasteiger partial charge in [-0.25, -0.2) is 4.98 Å². The van der Waals surface area contributed by atoms with Crippen molar-refractivity contribution < 1.29 is 4.79 Å². The van der Waals surface area contributed by atoms with Crippen molar-refractivity contribution in [2.24, 2.45) is 0 Å². The Bertz CT molecular complexity index is 341. The molecule has 2 rings (SSSR count). The molecule has 0 atom stereocenters. The first-order valence-electron chi connectivity index (χ1n) is 3.70. The molecular formula is C8H8Br2N2O. The summed E-state index contributed by atoms with van der Waals surface area (Å²) in [4.78, 5) is 15.0. The van der Waals surface area contributed by atoms with E-state index in [0.29, 0.717) is 12.2 Å². The Balaban J connectivity index is 0.000000845. The summed E-state index contributed by atoms with van der Waals surface area (Å²) in [7, 11) is 0. The molecule has 0 unspecified atom stereocenters. The Morgan fingerprint density at radius 1 is 1.46 bits per heavy atom. The van der Waals surface area contributed by atoms with Crippen LogP contribution in [0.15, 0.2) is 16.7 Å². The first-order chi connectivity index (χ1) is 5.75. The number of hydrogen-bond donors (Lipinski definition) is 1. The van der Waals surface area contributed by atoms with Crippen LogP contribution in [-0.2, 0) is 11.2 Å². The molecule has 0 bridgehead atoms. The van der Waals surface area contributed by atoms with Crippen molar-refractivity contribution in [3.63, 3.8) is 0 Å². The molecule has 1 amide bonds. The van der Waals surface area contributed by atoms with E-state index in [1.54, 1.807) is 6.20 Å². The van der Waals surface area contributed by atoms with Crippen LogP contribution >= 0.6 is 32.9 Å². The minimum atomic E-state index is 0. The van der Waals surface area contributed by atoms with Crippen LogP contribution < -0.4 is 5.32 Å². The summed E-state index contributed by atoms with van der Waals surface area (Å²) in [5, 5.41) is 2.72. The number of fused-ring (bicyclic) bond motifs is 1. The first-order valence-corrected chi connectivity index (χ1v) is 4.49. The SMILES string of the molecule is Br.O=C1CCc2cc(Br)cnc2N1. The van der Waals surface area contributed by atoms with Gasteiger partial charge in [0.05, 0.1) is 0 Å². The summed E-state index contributed by atoms with van der Waals surface area (Å²) in [6.45, 7) is 0. The highest BCUT2D eigenvalue weighted by Crippen LogP contribution is 2.22. The number of rotatable bonds is 0. The second-order valence-corrected chi connectivity index (χ2v) is 3.63. The second-order valence-electron chi connectivity index (χ2n) is 2.71. The first kappa shape index (κ1) is 10.7. The van der Waals surface area contributed by atoms with Crippen LogP contribution in [-0.4, -0.2) is 10.9 Å². The van der Waals surface area contributed by atoms with Gasteiger partial charge >= 0.3 is 0 Å². The number of amides is 1. The van der Waals surface area contributed by atoms with Gasteiger partial charge in [-0.1, -0.05) is 0 Å². The molecule has 0 saturated heterocycles. The molecule has 13 heavy (non-hydrogen) atoms. The number of anilines is 1. The van der Waals surface area contributed by atoms with E-state index in [9.17, 15) is 4.79 Å². The topological polar surface area (TPSA) is 42.0 Å². The minimum Gasteiger partial charge on any atom is -0.310 e. The van der Waals surface area contributed by atoms with Gasteiger partial charge < -0.3 is 5.32 Å². The lowest BCUT2D eigenvalue weighted by molar-refractivity contribution is -0.116. The van der Waals surface area contributed by atoms with Gasteiger partial charge in [0.1, 0.15) is 5.82 Å². The zero-order valence-corrected chi connectivity index (χ0v) is 10.0. The maximum Gasteiger partial charge on any atom is 0.225 e. The van der Waals surface area contributed by atoms with Crippen LogP contribution in [0, 0.1) is 0 Å². The Morgan fingerprint density at radius 3 is 3.00 bits per heavy atom. The largest absolute Gasteiger partial charge is 0.310 e. The van der Waals surface area contributed by atoms with Crippen molar-refractivity contribution in [2.75, 3.05) is 5.32 Å². The number of carbonyl (C=O) groups is 1. The van der Waals surface area contributed by atoms with Gasteiger partial charge in [0, 0.05) is 17.1 Å². The number of aryl methyl sites for hydroxylation is 1. The predicted molar refractivity (Wildman–Crippen MR) is 59.2 cm³/mol. The normalized spacial score (nSPS) is 14.1. The van der Waals surface area contributed by atoms with Crippen LogP contribution in [0.1, 0.15) is 12.0 Å². The van der Waals surface area contributed by atoms with Crippen LogP contribution in [0.2, 0.25) is 0 Å². The zero-order chi connectivity index (χ0) is 8.55. The highest BCUT2D eigenvalue weighted by molar-refractivity contribution is 9.10. The summed E-state index contributed by atoms with van der Waals surface area (Å²) < 4.78 is 0.956. The third-order valence-corrected chi connectivity index (χ3v) is 2.25. The molecule has 1 aliphatic rings. The number of aromatic nitrogens is 1. The third kappa shape index (κ3) is 2.28. The van der Waals surface area contributed by atoms with E-state index in [2.05, 4.69) is 26.2 Å². The van der Waals surface area contributed by atoms with Crippen LogP contribution in [0.4, 0.5) is 5.82 Å². The average Bonchev–Trinajstić information content (AvgIpc) is 2.05. The number of carbonyl (C=O) groups excluding carboxylic acids is 1. The van der Waals surface area contributed by atoms with Gasteiger partial charge in [-0.3, -0.25) is 4.79 Å². The molecule has 70 valence electrons. The molecule has 1 N–H and O–H groups in total. The smallest absolute Gasteiger partial charge is 0.225 e. The summed E-state index contributed by atoms with van der Waals surface area (Å²) >= 11 is 3.33. The molecule has 0 spiro atoms. The van der Waals surface area contributed by atoms with E-state index in [0.717, 1.165) is 16.5 Å². The molecule has 0 fully saturated rings. The van der Waals surface area contributed by atoms with E-state index >= 15 is 0 Å². The highest BCUT2D eigenvalue weighted by Gasteiger charge is 2.15. The van der Waals surface area contributed by atoms with Gasteiger partial charge in [0.15, 0.2) is 0 Å². The van der Waals surface area contributed by atoms with Crippen LogP contribution in [0.5, 0.6) is 0 Å². The van der Waals surface area contributed by atoms with Crippen molar-refractivity contribution >= 4 is 44.6 Å². The van der Waals surface area contributed by atoms with Crippen molar-refractivity contribution in [2.45, 2.75) is 12.8 Å². The number of pyridine rings is 1. The van der Waals surface area contributed by atoms with E-state index in [1.807, 2.05) is 6.07 Å². The van der Waals surface area contributed by atoms with E-state index in [-0.39, 0.29) is 22.9 Å². The lowest BCUT2D eigenvalue weighted by atomic mass is 10.1. The quantitative estimate of drug-likeness (QED) is 0.799. The maximum atomic E-state index is 10.9. The third-order valence-electron chi connectivity index (χ3n) is 1.81. The molecule has 0 aliphatic carbocycles. The van der Waals surface area contributed by atoms with Crippen molar-refractivity contribution in [1.29, 1.82) is 0 Å². The molecule has 3 nitrogen and oxygen atoms in total. The predicted octanol–water partition coefficient (Wildman–Crippen LogP) is 2.31. The Morgan fingerprint density at radius 2 is 2.23 bits per heavy atom. The van der Waals surface area contributed by atoms with Crippen molar-refractivity contribution in [3.05, 3.63) is 22.3 Å². The van der Waals surface area contributed by atoms with E-state index in [1.165, 1.54) is 0 Å². The van der Waals surface area contributed by atoms with Gasteiger partial charge in [-0.2, -0.15) is 0 Å². The Labute approximate surface area is 94.8 Å². The lowest BCUT2D eigenvalue weighted by Crippen LogP contribution is -2.19. The highest BCUT2D eigenvalue weighted by atomic mass is 79.9. The Kier molecular flexibility index (Phi) is 3.44.